The molecule has 0 aliphatic rings. The van der Waals surface area contributed by atoms with Crippen LogP contribution in [0.2, 0.25) is 0 Å². The minimum atomic E-state index is -1.26. The van der Waals surface area contributed by atoms with Crippen LogP contribution < -0.4 is 10.6 Å². The van der Waals surface area contributed by atoms with Gasteiger partial charge in [0.1, 0.15) is 18.3 Å². The summed E-state index contributed by atoms with van der Waals surface area (Å²) in [6.07, 6.45) is 0.0958. The number of aromatic carboxylic acids is 1. The van der Waals surface area contributed by atoms with Crippen LogP contribution in [0.5, 0.6) is 5.75 Å². The summed E-state index contributed by atoms with van der Waals surface area (Å²) in [5.74, 6) is -2.50. The highest BCUT2D eigenvalue weighted by atomic mass is 16.4. The molecule has 1 unspecified atom stereocenters. The Morgan fingerprint density at radius 3 is 2.26 bits per heavy atom. The van der Waals surface area contributed by atoms with E-state index < -0.39 is 23.8 Å². The topological polar surface area (TPSA) is 140 Å². The molecule has 1 atom stereocenters. The summed E-state index contributed by atoms with van der Waals surface area (Å²) in [4.78, 5) is 36.2. The van der Waals surface area contributed by atoms with Crippen LogP contribution in [0.15, 0.2) is 48.5 Å². The number of phenols is 1. The lowest BCUT2D eigenvalue weighted by atomic mass is 10.0. The fraction of sp³-hybridized carbons (Fsp3) is 0.158. The van der Waals surface area contributed by atoms with Gasteiger partial charge in [0.2, 0.25) is 5.91 Å². The van der Waals surface area contributed by atoms with E-state index in [9.17, 15) is 24.6 Å². The van der Waals surface area contributed by atoms with E-state index in [1.807, 2.05) is 0 Å². The van der Waals surface area contributed by atoms with Gasteiger partial charge in [-0.3, -0.25) is 9.59 Å². The first-order valence-electron chi connectivity index (χ1n) is 7.98. The molecule has 138 valence electrons. The number of phenolic OH excluding ortho intramolecular Hbond substituents is 1. The second kappa shape index (κ2) is 9.01. The van der Waals surface area contributed by atoms with Crippen LogP contribution in [0.1, 0.15) is 26.3 Å². The lowest BCUT2D eigenvalue weighted by Gasteiger charge is -2.18. The molecule has 2 amide bonds. The second-order valence-corrected chi connectivity index (χ2v) is 5.62. The Morgan fingerprint density at radius 1 is 1.04 bits per heavy atom. The van der Waals surface area contributed by atoms with Crippen molar-refractivity contribution in [1.29, 1.82) is 5.26 Å². The molecule has 27 heavy (non-hydrogen) atoms. The van der Waals surface area contributed by atoms with Gasteiger partial charge in [-0.05, 0) is 29.8 Å². The zero-order valence-corrected chi connectivity index (χ0v) is 14.2. The highest BCUT2D eigenvalue weighted by Gasteiger charge is 2.24. The first-order chi connectivity index (χ1) is 12.9. The fourth-order valence-electron chi connectivity index (χ4n) is 2.43. The number of hydrogen-bond acceptors (Lipinski definition) is 5. The highest BCUT2D eigenvalue weighted by molar-refractivity contribution is 6.06. The van der Waals surface area contributed by atoms with E-state index in [-0.39, 0.29) is 29.8 Å². The van der Waals surface area contributed by atoms with Crippen molar-refractivity contribution in [2.75, 3.05) is 6.54 Å². The van der Waals surface area contributed by atoms with E-state index in [1.165, 1.54) is 36.4 Å². The fourth-order valence-corrected chi connectivity index (χ4v) is 2.43. The van der Waals surface area contributed by atoms with Gasteiger partial charge in [-0.1, -0.05) is 24.3 Å². The number of carbonyl (C=O) groups is 3. The average molecular weight is 367 g/mol. The largest absolute Gasteiger partial charge is 0.508 e. The van der Waals surface area contributed by atoms with Crippen molar-refractivity contribution in [3.8, 4) is 11.8 Å². The summed E-state index contributed by atoms with van der Waals surface area (Å²) < 4.78 is 0. The number of amides is 2. The van der Waals surface area contributed by atoms with Crippen LogP contribution in [0.25, 0.3) is 0 Å². The van der Waals surface area contributed by atoms with Gasteiger partial charge in [-0.25, -0.2) is 4.79 Å². The van der Waals surface area contributed by atoms with Crippen LogP contribution in [0.4, 0.5) is 0 Å². The molecule has 2 aromatic rings. The number of carboxylic acid groups (broad SMARTS) is 1. The minimum Gasteiger partial charge on any atom is -0.508 e. The summed E-state index contributed by atoms with van der Waals surface area (Å²) in [6, 6.07) is 12.5. The molecule has 0 bridgehead atoms. The van der Waals surface area contributed by atoms with Crippen molar-refractivity contribution in [3.63, 3.8) is 0 Å². The van der Waals surface area contributed by atoms with Gasteiger partial charge < -0.3 is 20.8 Å². The van der Waals surface area contributed by atoms with Gasteiger partial charge in [-0.15, -0.1) is 0 Å². The summed E-state index contributed by atoms with van der Waals surface area (Å²) in [7, 11) is 0. The molecule has 0 spiro atoms. The van der Waals surface area contributed by atoms with Gasteiger partial charge in [0, 0.05) is 6.42 Å². The zero-order valence-electron chi connectivity index (χ0n) is 14.2. The van der Waals surface area contributed by atoms with Crippen LogP contribution >= 0.6 is 0 Å². The number of aromatic hydroxyl groups is 1. The molecule has 0 aromatic heterocycles. The maximum Gasteiger partial charge on any atom is 0.336 e. The summed E-state index contributed by atoms with van der Waals surface area (Å²) in [5.41, 5.74) is 0.404. The van der Waals surface area contributed by atoms with Crippen molar-refractivity contribution in [2.24, 2.45) is 0 Å². The normalized spacial score (nSPS) is 11.1. The number of hydrogen-bond donors (Lipinski definition) is 4. The molecular weight excluding hydrogens is 350 g/mol. The first kappa shape index (κ1) is 19.5. The number of rotatable bonds is 7. The van der Waals surface area contributed by atoms with E-state index in [0.29, 0.717) is 5.56 Å². The summed E-state index contributed by atoms with van der Waals surface area (Å²) >= 11 is 0. The lowest BCUT2D eigenvalue weighted by Crippen LogP contribution is -2.48. The molecule has 4 N–H and O–H groups in total. The molecule has 0 fully saturated rings. The third-order valence-corrected chi connectivity index (χ3v) is 3.74. The molecule has 8 nitrogen and oxygen atoms in total. The van der Waals surface area contributed by atoms with E-state index in [2.05, 4.69) is 10.6 Å². The summed E-state index contributed by atoms with van der Waals surface area (Å²) in [6.45, 7) is -0.230. The predicted molar refractivity (Wildman–Crippen MR) is 95.1 cm³/mol. The van der Waals surface area contributed by atoms with E-state index in [1.54, 1.807) is 18.2 Å². The number of carboxylic acids is 1. The monoisotopic (exact) mass is 367 g/mol. The van der Waals surface area contributed by atoms with E-state index >= 15 is 0 Å². The number of carbonyl (C=O) groups excluding carboxylic acids is 2. The molecule has 0 aliphatic heterocycles. The molecule has 0 heterocycles. The van der Waals surface area contributed by atoms with Crippen molar-refractivity contribution >= 4 is 17.8 Å². The maximum absolute atomic E-state index is 12.5. The standard InChI is InChI=1S/C19H17N3O5/c20-9-10-21-18(25)16(11-12-5-7-13(23)8-6-12)22-17(24)14-3-1-2-4-15(14)19(26)27/h1-8,16,23H,10-11H2,(H,21,25)(H,22,24)(H,26,27). The number of nitriles is 1. The predicted octanol–water partition coefficient (Wildman–Crippen LogP) is 1.07. The van der Waals surface area contributed by atoms with Gasteiger partial charge in [0.05, 0.1) is 17.2 Å². The average Bonchev–Trinajstić information content (AvgIpc) is 2.67. The van der Waals surface area contributed by atoms with Gasteiger partial charge in [-0.2, -0.15) is 5.26 Å². The second-order valence-electron chi connectivity index (χ2n) is 5.62. The summed E-state index contributed by atoms with van der Waals surface area (Å²) in [5, 5.41) is 32.1. The van der Waals surface area contributed by atoms with E-state index in [4.69, 9.17) is 5.26 Å². The van der Waals surface area contributed by atoms with Gasteiger partial charge in [0.15, 0.2) is 0 Å². The molecular formula is C19H17N3O5. The Morgan fingerprint density at radius 2 is 1.67 bits per heavy atom. The number of nitrogens with one attached hydrogen (secondary N) is 2. The highest BCUT2D eigenvalue weighted by Crippen LogP contribution is 2.13. The van der Waals surface area contributed by atoms with Crippen LogP contribution in [0, 0.1) is 11.3 Å². The van der Waals surface area contributed by atoms with Crippen molar-refractivity contribution < 1.29 is 24.6 Å². The Bertz CT molecular complexity index is 887. The molecule has 2 aromatic carbocycles. The smallest absolute Gasteiger partial charge is 0.336 e. The quantitative estimate of drug-likeness (QED) is 0.540. The lowest BCUT2D eigenvalue weighted by molar-refractivity contribution is -0.122. The van der Waals surface area contributed by atoms with Crippen LogP contribution in [-0.4, -0.2) is 40.6 Å². The molecule has 8 heteroatoms. The molecule has 0 saturated carbocycles. The zero-order chi connectivity index (χ0) is 19.8. The van der Waals surface area contributed by atoms with Crippen LogP contribution in [0.3, 0.4) is 0 Å². The third kappa shape index (κ3) is 5.31. The SMILES string of the molecule is N#CCNC(=O)C(Cc1ccc(O)cc1)NC(=O)c1ccccc1C(=O)O. The van der Waals surface area contributed by atoms with Crippen molar-refractivity contribution in [3.05, 3.63) is 65.2 Å². The van der Waals surface area contributed by atoms with Gasteiger partial charge in [0.25, 0.3) is 5.91 Å². The van der Waals surface area contributed by atoms with Gasteiger partial charge >= 0.3 is 5.97 Å². The van der Waals surface area contributed by atoms with Crippen molar-refractivity contribution in [2.45, 2.75) is 12.5 Å². The Kier molecular flexibility index (Phi) is 6.49. The maximum atomic E-state index is 12.5. The Hall–Kier alpha value is -3.86. The first-order valence-corrected chi connectivity index (χ1v) is 7.98. The Labute approximate surface area is 155 Å². The minimum absolute atomic E-state index is 0.0589. The molecule has 0 aliphatic carbocycles. The Balaban J connectivity index is 2.24. The van der Waals surface area contributed by atoms with Crippen molar-refractivity contribution in [1.82, 2.24) is 10.6 Å². The molecule has 2 rings (SSSR count). The molecule has 0 radical (unpaired) electrons. The number of nitrogens with zero attached hydrogens (tertiary/aromatic N) is 1. The molecule has 0 saturated heterocycles. The third-order valence-electron chi connectivity index (χ3n) is 3.74. The van der Waals surface area contributed by atoms with E-state index in [0.717, 1.165) is 0 Å². The number of benzene rings is 2. The van der Waals surface area contributed by atoms with Crippen LogP contribution in [-0.2, 0) is 11.2 Å².